The zero-order chi connectivity index (χ0) is 31.3. The number of aromatic nitrogens is 3. The van der Waals surface area contributed by atoms with Crippen LogP contribution in [0.1, 0.15) is 60.7 Å². The molecular weight excluding hydrogens is 584 g/mol. The maximum atomic E-state index is 13.0. The number of carbonyl (C=O) groups excluding carboxylic acids is 3. The molecule has 0 fully saturated rings. The maximum absolute atomic E-state index is 13.0. The molecule has 1 atom stereocenters. The van der Waals surface area contributed by atoms with Gasteiger partial charge in [0.1, 0.15) is 17.2 Å². The molecule has 228 valence electrons. The van der Waals surface area contributed by atoms with Crippen LogP contribution in [0.2, 0.25) is 0 Å². The van der Waals surface area contributed by atoms with Crippen molar-refractivity contribution in [3.8, 4) is 16.9 Å². The van der Waals surface area contributed by atoms with Crippen LogP contribution >= 0.6 is 11.3 Å². The molecule has 1 aliphatic carbocycles. The predicted molar refractivity (Wildman–Crippen MR) is 166 cm³/mol. The summed E-state index contributed by atoms with van der Waals surface area (Å²) in [6.07, 6.45) is 6.30. The molecule has 44 heavy (non-hydrogen) atoms. The van der Waals surface area contributed by atoms with E-state index in [1.165, 1.54) is 18.5 Å². The number of esters is 1. The summed E-state index contributed by atoms with van der Waals surface area (Å²) in [7, 11) is 0. The van der Waals surface area contributed by atoms with E-state index in [-0.39, 0.29) is 22.4 Å². The van der Waals surface area contributed by atoms with Gasteiger partial charge >= 0.3 is 5.97 Å². The number of nitrogens with one attached hydrogen (secondary N) is 3. The van der Waals surface area contributed by atoms with Gasteiger partial charge in [0.05, 0.1) is 18.1 Å². The molecule has 2 aromatic heterocycles. The highest BCUT2D eigenvalue weighted by Gasteiger charge is 2.26. The zero-order valence-electron chi connectivity index (χ0n) is 24.4. The molecule has 0 spiro atoms. The minimum absolute atomic E-state index is 0.0432. The van der Waals surface area contributed by atoms with Crippen LogP contribution in [0.25, 0.3) is 22.0 Å². The van der Waals surface area contributed by atoms with Gasteiger partial charge in [0.25, 0.3) is 11.8 Å². The van der Waals surface area contributed by atoms with Crippen molar-refractivity contribution < 1.29 is 28.6 Å². The Morgan fingerprint density at radius 1 is 1.00 bits per heavy atom. The topological polar surface area (TPSA) is 169 Å². The fraction of sp³-hybridized carbons (Fsp3) is 0.290. The number of fused-ring (bicyclic) bond motifs is 2. The smallest absolute Gasteiger partial charge is 0.329 e. The van der Waals surface area contributed by atoms with E-state index in [0.29, 0.717) is 47.4 Å². The van der Waals surface area contributed by atoms with Crippen LogP contribution in [0.5, 0.6) is 5.75 Å². The molecule has 5 rings (SSSR count). The maximum Gasteiger partial charge on any atom is 0.329 e. The van der Waals surface area contributed by atoms with Crippen molar-refractivity contribution in [2.24, 2.45) is 0 Å². The Bertz CT molecular complexity index is 1760. The molecule has 13 heteroatoms. The molecule has 0 saturated carbocycles. The second-order valence-electron chi connectivity index (χ2n) is 11.1. The largest absolute Gasteiger partial charge is 0.505 e. The summed E-state index contributed by atoms with van der Waals surface area (Å²) in [5, 5.41) is 28.5. The van der Waals surface area contributed by atoms with Gasteiger partial charge in [0, 0.05) is 34.8 Å². The van der Waals surface area contributed by atoms with E-state index in [4.69, 9.17) is 9.15 Å². The molecule has 4 N–H and O–H groups in total. The van der Waals surface area contributed by atoms with Gasteiger partial charge in [-0.1, -0.05) is 29.5 Å². The van der Waals surface area contributed by atoms with E-state index >= 15 is 0 Å². The van der Waals surface area contributed by atoms with E-state index in [2.05, 4.69) is 31.1 Å². The SMILES string of the molecule is CC(C)(C)OC(=O)C(CCCCNC(=O)c1ccc2coccc1-2)Nc1nnc(NC(=O)c2ccc3cccnc3c2O)s1. The molecule has 0 saturated heterocycles. The molecule has 12 nitrogen and oxygen atoms in total. The van der Waals surface area contributed by atoms with Gasteiger partial charge < -0.3 is 24.9 Å². The van der Waals surface area contributed by atoms with Crippen LogP contribution < -0.4 is 16.0 Å². The number of carbonyl (C=O) groups is 3. The van der Waals surface area contributed by atoms with Crippen LogP contribution in [0.15, 0.2) is 65.6 Å². The van der Waals surface area contributed by atoms with Crippen LogP contribution in [-0.4, -0.2) is 56.3 Å². The number of pyridine rings is 1. The Balaban J connectivity index is 1.17. The third kappa shape index (κ3) is 7.29. The Morgan fingerprint density at radius 3 is 2.61 bits per heavy atom. The average molecular weight is 617 g/mol. The standard InChI is InChI=1S/C31H32N6O6S/c1-31(2,3)43-28(41)23(8-4-5-14-33-26(39)21-11-10-19-17-42-16-13-20(19)21)34-29-36-37-30(44-29)35-27(40)22-12-9-18-7-6-15-32-24(18)25(22)38/h6-7,9-13,15-17,23,38H,4-5,8,14H2,1-3H3,(H,33,39)(H,34,36)(H,35,37,40). The molecular formula is C31H32N6O6S. The van der Waals surface area contributed by atoms with Crippen molar-refractivity contribution in [3.63, 3.8) is 0 Å². The third-order valence-corrected chi connectivity index (χ3v) is 7.39. The lowest BCUT2D eigenvalue weighted by atomic mass is 10.1. The molecule has 3 heterocycles. The highest BCUT2D eigenvalue weighted by molar-refractivity contribution is 7.19. The van der Waals surface area contributed by atoms with Crippen molar-refractivity contribution in [2.45, 2.75) is 51.7 Å². The predicted octanol–water partition coefficient (Wildman–Crippen LogP) is 5.46. The third-order valence-electron chi connectivity index (χ3n) is 6.62. The lowest BCUT2D eigenvalue weighted by Crippen LogP contribution is -2.36. The minimum Gasteiger partial charge on any atom is -0.505 e. The molecule has 3 aromatic rings. The normalized spacial score (nSPS) is 12.2. The number of phenolic OH excluding ortho intramolecular Hbond substituents is 1. The van der Waals surface area contributed by atoms with Crippen molar-refractivity contribution in [1.82, 2.24) is 20.5 Å². The van der Waals surface area contributed by atoms with Crippen molar-refractivity contribution in [1.29, 1.82) is 0 Å². The number of aromatic hydroxyl groups is 1. The molecule has 0 bridgehead atoms. The van der Waals surface area contributed by atoms with Crippen molar-refractivity contribution in [2.75, 3.05) is 17.2 Å². The highest BCUT2D eigenvalue weighted by Crippen LogP contribution is 2.29. The van der Waals surface area contributed by atoms with Gasteiger partial charge in [-0.15, -0.1) is 10.2 Å². The number of unbranched alkanes of at least 4 members (excludes halogenated alkanes) is 1. The monoisotopic (exact) mass is 616 g/mol. The number of benzene rings is 1. The number of amides is 2. The highest BCUT2D eigenvalue weighted by atomic mass is 32.1. The molecule has 2 amide bonds. The fourth-order valence-electron chi connectivity index (χ4n) is 4.57. The number of phenols is 1. The van der Waals surface area contributed by atoms with Gasteiger partial charge in [0.2, 0.25) is 10.3 Å². The summed E-state index contributed by atoms with van der Waals surface area (Å²) in [5.74, 6) is -1.44. The second kappa shape index (κ2) is 13.1. The lowest BCUT2D eigenvalue weighted by molar-refractivity contribution is -0.156. The number of ether oxygens (including phenoxy) is 1. The zero-order valence-corrected chi connectivity index (χ0v) is 25.2. The first kappa shape index (κ1) is 30.4. The average Bonchev–Trinajstić information content (AvgIpc) is 3.62. The first-order chi connectivity index (χ1) is 21.1. The molecule has 1 unspecified atom stereocenters. The summed E-state index contributed by atoms with van der Waals surface area (Å²) in [5.41, 5.74) is 1.92. The minimum atomic E-state index is -0.736. The van der Waals surface area contributed by atoms with E-state index in [0.717, 1.165) is 22.5 Å². The van der Waals surface area contributed by atoms with Gasteiger partial charge in [-0.3, -0.25) is 19.9 Å². The van der Waals surface area contributed by atoms with Crippen LogP contribution in [0, 0.1) is 0 Å². The van der Waals surface area contributed by atoms with Crippen LogP contribution in [-0.2, 0) is 9.53 Å². The fourth-order valence-corrected chi connectivity index (χ4v) is 5.26. The van der Waals surface area contributed by atoms with Gasteiger partial charge in [-0.2, -0.15) is 0 Å². The van der Waals surface area contributed by atoms with E-state index in [1.54, 1.807) is 57.4 Å². The van der Waals surface area contributed by atoms with Gasteiger partial charge in [-0.05, 0) is 64.3 Å². The Labute approximate surface area is 257 Å². The van der Waals surface area contributed by atoms with Crippen molar-refractivity contribution in [3.05, 3.63) is 72.3 Å². The summed E-state index contributed by atoms with van der Waals surface area (Å²) in [6.45, 7) is 5.79. The summed E-state index contributed by atoms with van der Waals surface area (Å²) >= 11 is 1.04. The van der Waals surface area contributed by atoms with Gasteiger partial charge in [-0.25, -0.2) is 4.79 Å². The van der Waals surface area contributed by atoms with E-state index < -0.39 is 23.5 Å². The van der Waals surface area contributed by atoms with Gasteiger partial charge in [0.15, 0.2) is 5.75 Å². The Morgan fingerprint density at radius 2 is 1.80 bits per heavy atom. The van der Waals surface area contributed by atoms with E-state index in [1.807, 2.05) is 6.07 Å². The van der Waals surface area contributed by atoms with Crippen LogP contribution in [0.4, 0.5) is 10.3 Å². The Hall–Kier alpha value is -5.04. The number of hydrogen-bond donors (Lipinski definition) is 4. The first-order valence-electron chi connectivity index (χ1n) is 14.0. The first-order valence-corrected chi connectivity index (χ1v) is 14.8. The van der Waals surface area contributed by atoms with E-state index in [9.17, 15) is 19.5 Å². The Kier molecular flexibility index (Phi) is 9.04. The quantitative estimate of drug-likeness (QED) is 0.110. The molecule has 0 radical (unpaired) electrons. The lowest BCUT2D eigenvalue weighted by Gasteiger charge is -2.24. The number of hydrogen-bond acceptors (Lipinski definition) is 11. The number of nitrogens with zero attached hydrogens (tertiary/aromatic N) is 3. The summed E-state index contributed by atoms with van der Waals surface area (Å²) in [4.78, 5) is 42.7. The molecule has 1 aliphatic heterocycles. The summed E-state index contributed by atoms with van der Waals surface area (Å²) < 4.78 is 10.8. The molecule has 2 aliphatic rings. The van der Waals surface area contributed by atoms with Crippen molar-refractivity contribution >= 4 is 50.3 Å². The number of rotatable bonds is 11. The second-order valence-corrected chi connectivity index (χ2v) is 12.0. The van der Waals surface area contributed by atoms with Crippen LogP contribution in [0.3, 0.4) is 0 Å². The molecule has 1 aromatic carbocycles. The summed E-state index contributed by atoms with van der Waals surface area (Å²) in [6, 6.07) is 11.3. The number of anilines is 2.